The summed E-state index contributed by atoms with van der Waals surface area (Å²) >= 11 is 0. The summed E-state index contributed by atoms with van der Waals surface area (Å²) in [6.07, 6.45) is 0. The van der Waals surface area contributed by atoms with Gasteiger partial charge in [-0.05, 0) is 30.7 Å². The lowest BCUT2D eigenvalue weighted by Crippen LogP contribution is -2.19. The second kappa shape index (κ2) is 7.87. The molecule has 3 rings (SSSR count). The van der Waals surface area contributed by atoms with Gasteiger partial charge in [-0.3, -0.25) is 4.79 Å². The number of pyridine rings is 1. The first-order valence-corrected chi connectivity index (χ1v) is 8.82. The lowest BCUT2D eigenvalue weighted by molar-refractivity contribution is 0.0691. The maximum Gasteiger partial charge on any atom is 0.345 e. The molecule has 28 heavy (non-hydrogen) atoms. The molecule has 0 atom stereocenters. The van der Waals surface area contributed by atoms with E-state index in [1.165, 1.54) is 0 Å². The van der Waals surface area contributed by atoms with Crippen molar-refractivity contribution in [3.05, 3.63) is 51.4 Å². The third kappa shape index (κ3) is 3.51. The Morgan fingerprint density at radius 2 is 2.07 bits per heavy atom. The van der Waals surface area contributed by atoms with Crippen LogP contribution in [0, 0.1) is 6.92 Å². The average molecular weight is 385 g/mol. The number of ether oxygens (including phenoxy) is 1. The number of hydrogen-bond acceptors (Lipinski definition) is 5. The molecule has 0 amide bonds. The molecule has 0 bridgehead atoms. The largest absolute Gasteiger partial charge is 0.506 e. The van der Waals surface area contributed by atoms with E-state index in [0.29, 0.717) is 30.0 Å². The Morgan fingerprint density at radius 3 is 2.75 bits per heavy atom. The fourth-order valence-corrected chi connectivity index (χ4v) is 3.29. The summed E-state index contributed by atoms with van der Waals surface area (Å²) in [6.45, 7) is 3.65. The Hall–Kier alpha value is -3.10. The van der Waals surface area contributed by atoms with Crippen molar-refractivity contribution >= 4 is 16.9 Å². The first kappa shape index (κ1) is 19.7. The number of aromatic nitrogens is 2. The fraction of sp³-hybridized carbons (Fsp3) is 0.300. The normalized spacial score (nSPS) is 11.2. The second-order valence-corrected chi connectivity index (χ2v) is 6.62. The van der Waals surface area contributed by atoms with Crippen LogP contribution in [0.25, 0.3) is 22.2 Å². The van der Waals surface area contributed by atoms with Crippen molar-refractivity contribution in [3.8, 4) is 17.0 Å². The van der Waals surface area contributed by atoms with E-state index >= 15 is 0 Å². The van der Waals surface area contributed by atoms with Gasteiger partial charge in [-0.2, -0.15) is 0 Å². The molecule has 2 aromatic heterocycles. The number of H-pyrrole nitrogens is 1. The monoisotopic (exact) mass is 385 g/mol. The van der Waals surface area contributed by atoms with Gasteiger partial charge in [0, 0.05) is 49.4 Å². The fourth-order valence-electron chi connectivity index (χ4n) is 3.29. The van der Waals surface area contributed by atoms with Crippen molar-refractivity contribution in [1.82, 2.24) is 14.9 Å². The number of carbonyl (C=O) groups is 1. The van der Waals surface area contributed by atoms with E-state index in [4.69, 9.17) is 9.84 Å². The number of carboxylic acid groups (broad SMARTS) is 1. The molecule has 148 valence electrons. The topological polar surface area (TPSA) is 117 Å². The Kier molecular flexibility index (Phi) is 5.53. The molecule has 3 aromatic rings. The van der Waals surface area contributed by atoms with Crippen LogP contribution >= 0.6 is 0 Å². The van der Waals surface area contributed by atoms with Crippen LogP contribution in [-0.4, -0.2) is 46.0 Å². The number of aromatic hydroxyl groups is 1. The molecular formula is C20H23N3O5. The first-order valence-electron chi connectivity index (χ1n) is 8.82. The molecule has 0 radical (unpaired) electrons. The molecule has 2 heterocycles. The number of nitrogens with zero attached hydrogens (tertiary/aromatic N) is 1. The molecule has 4 N–H and O–H groups in total. The molecule has 0 saturated carbocycles. The van der Waals surface area contributed by atoms with E-state index in [9.17, 15) is 14.7 Å². The summed E-state index contributed by atoms with van der Waals surface area (Å²) in [5, 5.41) is 23.6. The SMILES string of the molecule is COCCNCc1cc2cc(-c3[nH]c(=O)c(C(=O)O)c(O)c3C)ccc2n1C. The van der Waals surface area contributed by atoms with Crippen molar-refractivity contribution < 1.29 is 19.7 Å². The van der Waals surface area contributed by atoms with E-state index < -0.39 is 22.8 Å². The second-order valence-electron chi connectivity index (χ2n) is 6.62. The minimum atomic E-state index is -1.46. The summed E-state index contributed by atoms with van der Waals surface area (Å²) < 4.78 is 7.11. The molecule has 8 heteroatoms. The third-order valence-electron chi connectivity index (χ3n) is 4.87. The molecule has 0 fully saturated rings. The van der Waals surface area contributed by atoms with Crippen LogP contribution in [0.15, 0.2) is 29.1 Å². The van der Waals surface area contributed by atoms with Crippen LogP contribution < -0.4 is 10.9 Å². The van der Waals surface area contributed by atoms with Crippen molar-refractivity contribution in [2.45, 2.75) is 13.5 Å². The average Bonchev–Trinajstić information content (AvgIpc) is 2.97. The van der Waals surface area contributed by atoms with Gasteiger partial charge >= 0.3 is 5.97 Å². The number of hydrogen-bond donors (Lipinski definition) is 4. The van der Waals surface area contributed by atoms with Crippen molar-refractivity contribution in [2.24, 2.45) is 7.05 Å². The number of nitrogens with one attached hydrogen (secondary N) is 2. The number of aromatic amines is 1. The van der Waals surface area contributed by atoms with Gasteiger partial charge in [0.25, 0.3) is 5.56 Å². The van der Waals surface area contributed by atoms with E-state index in [1.54, 1.807) is 14.0 Å². The first-order chi connectivity index (χ1) is 13.3. The number of benzene rings is 1. The lowest BCUT2D eigenvalue weighted by Gasteiger charge is -2.10. The minimum absolute atomic E-state index is 0.314. The molecule has 8 nitrogen and oxygen atoms in total. The highest BCUT2D eigenvalue weighted by atomic mass is 16.5. The van der Waals surface area contributed by atoms with Crippen LogP contribution in [0.2, 0.25) is 0 Å². The van der Waals surface area contributed by atoms with Gasteiger partial charge in [-0.25, -0.2) is 4.79 Å². The van der Waals surface area contributed by atoms with Gasteiger partial charge in [0.2, 0.25) is 0 Å². The minimum Gasteiger partial charge on any atom is -0.506 e. The molecule has 0 aliphatic carbocycles. The van der Waals surface area contributed by atoms with E-state index in [-0.39, 0.29) is 0 Å². The number of methoxy groups -OCH3 is 1. The van der Waals surface area contributed by atoms with Crippen LogP contribution in [0.1, 0.15) is 21.6 Å². The summed E-state index contributed by atoms with van der Waals surface area (Å²) in [5.41, 5.74) is 2.05. The zero-order chi connectivity index (χ0) is 20.4. The van der Waals surface area contributed by atoms with Gasteiger partial charge in [0.05, 0.1) is 12.3 Å². The summed E-state index contributed by atoms with van der Waals surface area (Å²) in [7, 11) is 3.64. The number of carboxylic acids is 1. The Bertz CT molecular complexity index is 1100. The summed E-state index contributed by atoms with van der Waals surface area (Å²) in [6, 6.07) is 7.73. The summed E-state index contributed by atoms with van der Waals surface area (Å²) in [5.74, 6) is -1.97. The van der Waals surface area contributed by atoms with Gasteiger partial charge in [0.1, 0.15) is 5.75 Å². The highest BCUT2D eigenvalue weighted by Gasteiger charge is 2.20. The number of aryl methyl sites for hydroxylation is 1. The molecule has 1 aromatic carbocycles. The molecule has 0 aliphatic heterocycles. The predicted molar refractivity (Wildman–Crippen MR) is 106 cm³/mol. The maximum absolute atomic E-state index is 12.1. The zero-order valence-electron chi connectivity index (χ0n) is 16.0. The van der Waals surface area contributed by atoms with Gasteiger partial charge < -0.3 is 29.8 Å². The van der Waals surface area contributed by atoms with Crippen molar-refractivity contribution in [3.63, 3.8) is 0 Å². The molecule has 0 aliphatic rings. The predicted octanol–water partition coefficient (Wildman–Crippen LogP) is 1.98. The van der Waals surface area contributed by atoms with Crippen molar-refractivity contribution in [1.29, 1.82) is 0 Å². The lowest BCUT2D eigenvalue weighted by atomic mass is 10.0. The number of aromatic carboxylic acids is 1. The summed E-state index contributed by atoms with van der Waals surface area (Å²) in [4.78, 5) is 25.9. The van der Waals surface area contributed by atoms with Gasteiger partial charge in [-0.15, -0.1) is 0 Å². The van der Waals surface area contributed by atoms with Crippen LogP contribution in [-0.2, 0) is 18.3 Å². The zero-order valence-corrected chi connectivity index (χ0v) is 16.0. The van der Waals surface area contributed by atoms with Crippen LogP contribution in [0.4, 0.5) is 0 Å². The van der Waals surface area contributed by atoms with Crippen LogP contribution in [0.3, 0.4) is 0 Å². The Balaban J connectivity index is 2.01. The highest BCUT2D eigenvalue weighted by Crippen LogP contribution is 2.31. The Labute approximate surface area is 161 Å². The Morgan fingerprint density at radius 1 is 1.32 bits per heavy atom. The van der Waals surface area contributed by atoms with Crippen molar-refractivity contribution in [2.75, 3.05) is 20.3 Å². The maximum atomic E-state index is 12.1. The molecule has 0 spiro atoms. The van der Waals surface area contributed by atoms with Gasteiger partial charge in [0.15, 0.2) is 5.56 Å². The standard InChI is InChI=1S/C20H23N3O5/c1-11-17(22-19(25)16(18(11)24)20(26)27)12-4-5-15-13(8-12)9-14(23(15)2)10-21-6-7-28-3/h4-5,8-9,21H,6-7,10H2,1-3H3,(H,26,27)(H2,22,24,25). The number of fused-ring (bicyclic) bond motifs is 1. The smallest absolute Gasteiger partial charge is 0.345 e. The highest BCUT2D eigenvalue weighted by molar-refractivity contribution is 5.92. The molecular weight excluding hydrogens is 362 g/mol. The molecule has 0 saturated heterocycles. The molecule has 0 unspecified atom stereocenters. The van der Waals surface area contributed by atoms with Crippen LogP contribution in [0.5, 0.6) is 5.75 Å². The van der Waals surface area contributed by atoms with E-state index in [0.717, 1.165) is 23.1 Å². The quantitative estimate of drug-likeness (QED) is 0.462. The van der Waals surface area contributed by atoms with E-state index in [1.807, 2.05) is 25.2 Å². The van der Waals surface area contributed by atoms with Gasteiger partial charge in [-0.1, -0.05) is 6.07 Å². The van der Waals surface area contributed by atoms with E-state index in [2.05, 4.69) is 20.9 Å². The number of rotatable bonds is 7. The third-order valence-corrected chi connectivity index (χ3v) is 4.87.